The lowest BCUT2D eigenvalue weighted by molar-refractivity contribution is -0.572. The number of rotatable bonds is 5. The summed E-state index contributed by atoms with van der Waals surface area (Å²) in [6, 6.07) is 10.00. The minimum Gasteiger partial charge on any atom is -0.330 e. The van der Waals surface area contributed by atoms with Gasteiger partial charge in [-0.2, -0.15) is 0 Å². The number of nitrogens with zero attached hydrogens (tertiary/aromatic N) is 6. The van der Waals surface area contributed by atoms with Crippen molar-refractivity contribution in [1.82, 2.24) is 14.7 Å². The summed E-state index contributed by atoms with van der Waals surface area (Å²) in [5.41, 5.74) is -1.69. The fourth-order valence-corrected chi connectivity index (χ4v) is 4.41. The predicted octanol–water partition coefficient (Wildman–Crippen LogP) is 1.39. The standard InChI is InChI=1S/C21H20N6O8/c28-19(15-1-5-17(6-2-15)25(30)31)23-10-9-22-11-21(12-23,27(34)35)13-24(14-22)20(29)16-3-7-18(8-4-16)26(32)33/h1-8H,9-14H2. The van der Waals surface area contributed by atoms with Gasteiger partial charge in [0, 0.05) is 53.4 Å². The van der Waals surface area contributed by atoms with Gasteiger partial charge in [0.25, 0.3) is 28.7 Å². The van der Waals surface area contributed by atoms with Crippen molar-refractivity contribution < 1.29 is 24.4 Å². The van der Waals surface area contributed by atoms with Crippen molar-refractivity contribution in [2.24, 2.45) is 0 Å². The number of hydrogen-bond acceptors (Lipinski definition) is 9. The van der Waals surface area contributed by atoms with Crippen LogP contribution in [-0.2, 0) is 0 Å². The summed E-state index contributed by atoms with van der Waals surface area (Å²) >= 11 is 0. The fraction of sp³-hybridized carbons (Fsp3) is 0.333. The van der Waals surface area contributed by atoms with Crippen molar-refractivity contribution in [3.63, 3.8) is 0 Å². The highest BCUT2D eigenvalue weighted by Crippen LogP contribution is 2.27. The molecule has 2 bridgehead atoms. The molecule has 35 heavy (non-hydrogen) atoms. The van der Waals surface area contributed by atoms with Gasteiger partial charge in [-0.05, 0) is 24.3 Å². The first kappa shape index (κ1) is 23.7. The predicted molar refractivity (Wildman–Crippen MR) is 119 cm³/mol. The van der Waals surface area contributed by atoms with Gasteiger partial charge in [-0.1, -0.05) is 0 Å². The molecule has 182 valence electrons. The minimum absolute atomic E-state index is 0.0358. The molecular weight excluding hydrogens is 464 g/mol. The molecule has 2 amide bonds. The molecule has 14 heteroatoms. The molecule has 0 spiro atoms. The topological polar surface area (TPSA) is 173 Å². The van der Waals surface area contributed by atoms with Crippen LogP contribution in [0.25, 0.3) is 0 Å². The zero-order valence-electron chi connectivity index (χ0n) is 18.3. The van der Waals surface area contributed by atoms with Crippen LogP contribution in [0.5, 0.6) is 0 Å². The molecule has 4 rings (SSSR count). The number of benzene rings is 2. The Morgan fingerprint density at radius 1 is 0.686 bits per heavy atom. The van der Waals surface area contributed by atoms with E-state index >= 15 is 0 Å². The van der Waals surface area contributed by atoms with Crippen LogP contribution in [0.15, 0.2) is 48.5 Å². The third kappa shape index (κ3) is 4.63. The minimum atomic E-state index is -1.65. The van der Waals surface area contributed by atoms with Crippen molar-refractivity contribution >= 4 is 23.2 Å². The summed E-state index contributed by atoms with van der Waals surface area (Å²) in [7, 11) is 0. The maximum absolute atomic E-state index is 13.1. The number of amides is 2. The van der Waals surface area contributed by atoms with Crippen LogP contribution in [0.2, 0.25) is 0 Å². The van der Waals surface area contributed by atoms with Gasteiger partial charge in [0.1, 0.15) is 0 Å². The quantitative estimate of drug-likeness (QED) is 0.449. The first-order valence-electron chi connectivity index (χ1n) is 10.5. The molecule has 2 unspecified atom stereocenters. The molecule has 2 aliphatic heterocycles. The Kier molecular flexibility index (Phi) is 6.13. The zero-order valence-corrected chi connectivity index (χ0v) is 18.3. The van der Waals surface area contributed by atoms with Crippen molar-refractivity contribution in [1.29, 1.82) is 0 Å². The molecule has 2 aliphatic rings. The van der Waals surface area contributed by atoms with Crippen LogP contribution in [0, 0.1) is 30.3 Å². The van der Waals surface area contributed by atoms with Crippen molar-refractivity contribution in [2.75, 3.05) is 39.4 Å². The molecule has 0 aromatic heterocycles. The Labute approximate surface area is 197 Å². The van der Waals surface area contributed by atoms with Gasteiger partial charge in [-0.3, -0.25) is 44.8 Å². The average Bonchev–Trinajstić information content (AvgIpc) is 2.99. The van der Waals surface area contributed by atoms with E-state index in [0.717, 1.165) is 0 Å². The van der Waals surface area contributed by atoms with Gasteiger partial charge in [0.2, 0.25) is 0 Å². The Balaban J connectivity index is 1.57. The number of nitro benzene ring substituents is 2. The highest BCUT2D eigenvalue weighted by atomic mass is 16.6. The van der Waals surface area contributed by atoms with Crippen LogP contribution in [0.1, 0.15) is 20.7 Å². The van der Waals surface area contributed by atoms with E-state index in [9.17, 15) is 39.9 Å². The van der Waals surface area contributed by atoms with Gasteiger partial charge < -0.3 is 9.80 Å². The van der Waals surface area contributed by atoms with E-state index in [4.69, 9.17) is 0 Å². The fourth-order valence-electron chi connectivity index (χ4n) is 4.41. The van der Waals surface area contributed by atoms with Crippen LogP contribution >= 0.6 is 0 Å². The lowest BCUT2D eigenvalue weighted by Gasteiger charge is -2.41. The Hall–Kier alpha value is -4.46. The highest BCUT2D eigenvalue weighted by molar-refractivity contribution is 5.95. The molecule has 2 aromatic carbocycles. The van der Waals surface area contributed by atoms with Gasteiger partial charge >= 0.3 is 0 Å². The maximum atomic E-state index is 13.1. The third-order valence-corrected chi connectivity index (χ3v) is 6.16. The van der Waals surface area contributed by atoms with Crippen molar-refractivity contribution in [3.05, 3.63) is 90.0 Å². The van der Waals surface area contributed by atoms with Crippen LogP contribution in [0.4, 0.5) is 11.4 Å². The van der Waals surface area contributed by atoms with Crippen molar-refractivity contribution in [3.8, 4) is 0 Å². The third-order valence-electron chi connectivity index (χ3n) is 6.16. The Bertz CT molecular complexity index is 1130. The second kappa shape index (κ2) is 9.06. The molecular formula is C21H20N6O8. The van der Waals surface area contributed by atoms with E-state index < -0.39 is 32.1 Å². The summed E-state index contributed by atoms with van der Waals surface area (Å²) in [6.45, 7) is 0.0785. The summed E-state index contributed by atoms with van der Waals surface area (Å²) in [5, 5.41) is 34.0. The van der Waals surface area contributed by atoms with E-state index in [2.05, 4.69) is 0 Å². The Morgan fingerprint density at radius 2 is 1.14 bits per heavy atom. The molecule has 0 N–H and O–H groups in total. The second-order valence-corrected chi connectivity index (χ2v) is 8.51. The number of carbonyl (C=O) groups is 2. The summed E-state index contributed by atoms with van der Waals surface area (Å²) in [5.74, 6) is -1.01. The van der Waals surface area contributed by atoms with E-state index in [-0.39, 0.29) is 61.9 Å². The number of carbonyl (C=O) groups excluding carboxylic acids is 2. The smallest absolute Gasteiger partial charge is 0.269 e. The lowest BCUT2D eigenvalue weighted by atomic mass is 9.95. The van der Waals surface area contributed by atoms with Crippen LogP contribution in [0.3, 0.4) is 0 Å². The first-order valence-corrected chi connectivity index (χ1v) is 10.5. The van der Waals surface area contributed by atoms with E-state index in [0.29, 0.717) is 0 Å². The molecule has 2 aromatic rings. The first-order chi connectivity index (χ1) is 16.6. The van der Waals surface area contributed by atoms with E-state index in [1.54, 1.807) is 4.90 Å². The molecule has 2 saturated heterocycles. The maximum Gasteiger partial charge on any atom is 0.269 e. The number of fused-ring (bicyclic) bond motifs is 2. The number of nitro groups is 3. The van der Waals surface area contributed by atoms with E-state index in [1.165, 1.54) is 58.3 Å². The molecule has 2 atom stereocenters. The summed E-state index contributed by atoms with van der Waals surface area (Å²) < 4.78 is 0. The number of hydrogen-bond donors (Lipinski definition) is 0. The molecule has 0 radical (unpaired) electrons. The molecule has 14 nitrogen and oxygen atoms in total. The van der Waals surface area contributed by atoms with Gasteiger partial charge in [0.05, 0.1) is 36.1 Å². The SMILES string of the molecule is O=C(c1ccc([N+](=O)[O-])cc1)N1CCN2CN(C(=O)c3ccc([N+](=O)[O-])cc3)CC([N+](=O)[O-])(C2)C1. The van der Waals surface area contributed by atoms with Gasteiger partial charge in [0.15, 0.2) is 0 Å². The zero-order chi connectivity index (χ0) is 25.3. The van der Waals surface area contributed by atoms with Crippen LogP contribution in [-0.4, -0.2) is 86.2 Å². The van der Waals surface area contributed by atoms with Crippen LogP contribution < -0.4 is 0 Å². The van der Waals surface area contributed by atoms with Gasteiger partial charge in [-0.15, -0.1) is 0 Å². The molecule has 0 aliphatic carbocycles. The summed E-state index contributed by atoms with van der Waals surface area (Å²) in [6.07, 6.45) is 0. The lowest BCUT2D eigenvalue weighted by Crippen LogP contribution is -2.65. The Morgan fingerprint density at radius 3 is 1.60 bits per heavy atom. The van der Waals surface area contributed by atoms with E-state index in [1.807, 2.05) is 0 Å². The number of non-ortho nitro benzene ring substituents is 2. The van der Waals surface area contributed by atoms with Crippen molar-refractivity contribution in [2.45, 2.75) is 5.54 Å². The monoisotopic (exact) mass is 484 g/mol. The average molecular weight is 484 g/mol. The highest BCUT2D eigenvalue weighted by Gasteiger charge is 2.53. The second-order valence-electron chi connectivity index (χ2n) is 8.51. The van der Waals surface area contributed by atoms with Gasteiger partial charge in [-0.25, -0.2) is 0 Å². The molecule has 0 saturated carbocycles. The largest absolute Gasteiger partial charge is 0.330 e. The molecule has 2 heterocycles. The normalized spacial score (nSPS) is 21.7. The molecule has 2 fully saturated rings. The summed E-state index contributed by atoms with van der Waals surface area (Å²) in [4.78, 5) is 62.9.